The molecule has 2 fully saturated rings. The van der Waals surface area contributed by atoms with E-state index in [9.17, 15) is 19.2 Å². The average Bonchev–Trinajstić information content (AvgIpc) is 3.14. The van der Waals surface area contributed by atoms with Crippen molar-refractivity contribution in [2.45, 2.75) is 24.9 Å². The van der Waals surface area contributed by atoms with E-state index in [1.165, 1.54) is 7.05 Å². The van der Waals surface area contributed by atoms with Gasteiger partial charge in [0.15, 0.2) is 0 Å². The average molecular weight is 384 g/mol. The molecule has 10 heteroatoms. The summed E-state index contributed by atoms with van der Waals surface area (Å²) >= 11 is 0. The van der Waals surface area contributed by atoms with Crippen LogP contribution in [0.3, 0.4) is 0 Å². The molecule has 0 unspecified atom stereocenters. The van der Waals surface area contributed by atoms with Gasteiger partial charge in [-0.3, -0.25) is 19.9 Å². The van der Waals surface area contributed by atoms with Gasteiger partial charge < -0.3 is 9.80 Å². The number of benzene rings is 1. The largest absolute Gasteiger partial charge is 0.343 e. The molecule has 4 rings (SSSR count). The molecule has 1 spiro atoms. The quantitative estimate of drug-likeness (QED) is 0.712. The number of nitrogens with zero attached hydrogens (tertiary/aromatic N) is 4. The molecular formula is C18H20N6O4. The van der Waals surface area contributed by atoms with Crippen molar-refractivity contribution in [3.05, 3.63) is 52.2 Å². The van der Waals surface area contributed by atoms with Crippen molar-refractivity contribution >= 4 is 17.8 Å². The molecule has 0 bridgehead atoms. The van der Waals surface area contributed by atoms with Crippen LogP contribution in [0, 0.1) is 0 Å². The summed E-state index contributed by atoms with van der Waals surface area (Å²) in [5.74, 6) is -0.754. The molecule has 1 aromatic heterocycles. The Morgan fingerprint density at radius 2 is 1.82 bits per heavy atom. The molecule has 0 radical (unpaired) electrons. The standard InChI is InChI=1S/C18H20N6O4/c1-22-16(27)19-13(21-22)14(25)23-9-7-18(8-10-23)15(26)20-17(28)24(18)11-12-5-3-2-4-6-12/h2-6H,7-11H2,1H3,(H,19,21,27)(H,20,26,28). The van der Waals surface area contributed by atoms with Crippen LogP contribution in [0.4, 0.5) is 4.79 Å². The normalized spacial score (nSPS) is 18.6. The fourth-order valence-corrected chi connectivity index (χ4v) is 3.81. The third-order valence-electron chi connectivity index (χ3n) is 5.44. The summed E-state index contributed by atoms with van der Waals surface area (Å²) in [6, 6.07) is 9.04. The van der Waals surface area contributed by atoms with E-state index in [2.05, 4.69) is 15.4 Å². The molecular weight excluding hydrogens is 364 g/mol. The van der Waals surface area contributed by atoms with Crippen molar-refractivity contribution in [3.63, 3.8) is 0 Å². The molecule has 0 aliphatic carbocycles. The number of carbonyl (C=O) groups is 3. The van der Waals surface area contributed by atoms with Gasteiger partial charge in [-0.15, -0.1) is 5.10 Å². The topological polar surface area (TPSA) is 120 Å². The molecule has 2 saturated heterocycles. The van der Waals surface area contributed by atoms with Crippen LogP contribution in [0.2, 0.25) is 0 Å². The van der Waals surface area contributed by atoms with Gasteiger partial charge in [0.05, 0.1) is 0 Å². The number of rotatable bonds is 3. The van der Waals surface area contributed by atoms with E-state index in [1.54, 1.807) is 9.80 Å². The van der Waals surface area contributed by atoms with E-state index >= 15 is 0 Å². The summed E-state index contributed by atoms with van der Waals surface area (Å²) in [4.78, 5) is 54.6. The number of H-pyrrole nitrogens is 1. The maximum Gasteiger partial charge on any atom is 0.343 e. The Morgan fingerprint density at radius 1 is 1.14 bits per heavy atom. The zero-order valence-corrected chi connectivity index (χ0v) is 15.3. The fourth-order valence-electron chi connectivity index (χ4n) is 3.81. The lowest BCUT2D eigenvalue weighted by Crippen LogP contribution is -2.57. The number of hydrogen-bond acceptors (Lipinski definition) is 5. The highest BCUT2D eigenvalue weighted by Crippen LogP contribution is 2.34. The Labute approximate surface area is 160 Å². The second kappa shape index (κ2) is 6.63. The summed E-state index contributed by atoms with van der Waals surface area (Å²) in [6.07, 6.45) is 0.639. The monoisotopic (exact) mass is 384 g/mol. The van der Waals surface area contributed by atoms with Crippen LogP contribution in [0.1, 0.15) is 29.0 Å². The van der Waals surface area contributed by atoms with Crippen LogP contribution in [-0.2, 0) is 18.4 Å². The van der Waals surface area contributed by atoms with Gasteiger partial charge in [-0.25, -0.2) is 14.3 Å². The molecule has 4 amide bonds. The number of aryl methyl sites for hydroxylation is 1. The van der Waals surface area contributed by atoms with Crippen molar-refractivity contribution in [1.82, 2.24) is 29.9 Å². The molecule has 2 aliphatic heterocycles. The fraction of sp³-hybridized carbons (Fsp3) is 0.389. The first-order valence-electron chi connectivity index (χ1n) is 9.00. The minimum absolute atomic E-state index is 0.0310. The highest BCUT2D eigenvalue weighted by atomic mass is 16.2. The second-order valence-electron chi connectivity index (χ2n) is 7.06. The van der Waals surface area contributed by atoms with Crippen molar-refractivity contribution in [2.75, 3.05) is 13.1 Å². The third kappa shape index (κ3) is 2.86. The molecule has 2 aliphatic rings. The van der Waals surface area contributed by atoms with Crippen LogP contribution in [0.25, 0.3) is 0 Å². The molecule has 2 aromatic rings. The van der Waals surface area contributed by atoms with Crippen molar-refractivity contribution < 1.29 is 14.4 Å². The molecule has 2 N–H and O–H groups in total. The molecule has 1 aromatic carbocycles. The van der Waals surface area contributed by atoms with Gasteiger partial charge in [0.2, 0.25) is 5.82 Å². The van der Waals surface area contributed by atoms with Gasteiger partial charge in [0.25, 0.3) is 11.8 Å². The summed E-state index contributed by atoms with van der Waals surface area (Å²) in [7, 11) is 1.46. The summed E-state index contributed by atoms with van der Waals surface area (Å²) < 4.78 is 1.06. The van der Waals surface area contributed by atoms with Crippen LogP contribution in [-0.4, -0.2) is 61.0 Å². The maximum atomic E-state index is 12.6. The van der Waals surface area contributed by atoms with E-state index in [0.29, 0.717) is 19.4 Å². The Morgan fingerprint density at radius 3 is 2.43 bits per heavy atom. The lowest BCUT2D eigenvalue weighted by atomic mass is 9.85. The van der Waals surface area contributed by atoms with Gasteiger partial charge in [-0.1, -0.05) is 30.3 Å². The number of likely N-dealkylation sites (tertiary alicyclic amines) is 1. The number of piperidine rings is 1. The Hall–Kier alpha value is -3.43. The number of hydrogen-bond donors (Lipinski definition) is 2. The highest BCUT2D eigenvalue weighted by molar-refractivity contribution is 6.07. The first kappa shape index (κ1) is 18.0. The molecule has 0 saturated carbocycles. The maximum absolute atomic E-state index is 12.6. The van der Waals surface area contributed by atoms with Crippen LogP contribution in [0.15, 0.2) is 35.1 Å². The van der Waals surface area contributed by atoms with Crippen molar-refractivity contribution in [3.8, 4) is 0 Å². The lowest BCUT2D eigenvalue weighted by molar-refractivity contribution is -0.129. The van der Waals surface area contributed by atoms with Crippen LogP contribution < -0.4 is 11.0 Å². The molecule has 28 heavy (non-hydrogen) atoms. The van der Waals surface area contributed by atoms with Crippen molar-refractivity contribution in [1.29, 1.82) is 0 Å². The van der Waals surface area contributed by atoms with E-state index in [1.807, 2.05) is 30.3 Å². The zero-order chi connectivity index (χ0) is 19.9. The Bertz CT molecular complexity index is 987. The van der Waals surface area contributed by atoms with Crippen molar-refractivity contribution in [2.24, 2.45) is 7.05 Å². The minimum Gasteiger partial charge on any atom is -0.336 e. The van der Waals surface area contributed by atoms with E-state index in [-0.39, 0.29) is 24.8 Å². The van der Waals surface area contributed by atoms with Gasteiger partial charge >= 0.3 is 11.7 Å². The molecule has 3 heterocycles. The van der Waals surface area contributed by atoms with Crippen LogP contribution >= 0.6 is 0 Å². The SMILES string of the molecule is Cn1nc(C(=O)N2CCC3(CC2)C(=O)NC(=O)N3Cc2ccccc2)[nH]c1=O. The number of amides is 4. The van der Waals surface area contributed by atoms with Crippen LogP contribution in [0.5, 0.6) is 0 Å². The number of imide groups is 1. The minimum atomic E-state index is -0.971. The second-order valence-corrected chi connectivity index (χ2v) is 7.06. The van der Waals surface area contributed by atoms with Gasteiger partial charge in [-0.2, -0.15) is 0 Å². The van der Waals surface area contributed by atoms with Gasteiger partial charge in [0, 0.05) is 26.7 Å². The lowest BCUT2D eigenvalue weighted by Gasteiger charge is -2.42. The molecule has 10 nitrogen and oxygen atoms in total. The Balaban J connectivity index is 1.52. The highest BCUT2D eigenvalue weighted by Gasteiger charge is 2.54. The smallest absolute Gasteiger partial charge is 0.336 e. The number of carbonyl (C=O) groups excluding carboxylic acids is 3. The van der Waals surface area contributed by atoms with E-state index in [4.69, 9.17) is 0 Å². The molecule has 146 valence electrons. The Kier molecular flexibility index (Phi) is 4.25. The first-order chi connectivity index (χ1) is 13.4. The van der Waals surface area contributed by atoms with E-state index in [0.717, 1.165) is 10.2 Å². The van der Waals surface area contributed by atoms with Gasteiger partial charge in [0.1, 0.15) is 5.54 Å². The summed E-state index contributed by atoms with van der Waals surface area (Å²) in [5.41, 5.74) is -0.510. The summed E-state index contributed by atoms with van der Waals surface area (Å²) in [5, 5.41) is 6.30. The third-order valence-corrected chi connectivity index (χ3v) is 5.44. The molecule has 0 atom stereocenters. The predicted molar refractivity (Wildman–Crippen MR) is 97.2 cm³/mol. The zero-order valence-electron chi connectivity index (χ0n) is 15.3. The number of nitrogens with one attached hydrogen (secondary N) is 2. The number of aromatic nitrogens is 3. The predicted octanol–water partition coefficient (Wildman–Crippen LogP) is -0.165. The first-order valence-corrected chi connectivity index (χ1v) is 9.00. The summed E-state index contributed by atoms with van der Waals surface area (Å²) in [6.45, 7) is 0.882. The van der Waals surface area contributed by atoms with Gasteiger partial charge in [-0.05, 0) is 18.4 Å². The van der Waals surface area contributed by atoms with E-state index < -0.39 is 23.2 Å². The number of urea groups is 1. The number of aromatic amines is 1.